The molecular formula is C10H9Br2ClO2. The van der Waals surface area contributed by atoms with Crippen molar-refractivity contribution in [1.82, 2.24) is 0 Å². The van der Waals surface area contributed by atoms with Crippen LogP contribution in [0, 0.1) is 0 Å². The van der Waals surface area contributed by atoms with Crippen molar-refractivity contribution >= 4 is 43.5 Å². The molecule has 0 N–H and O–H groups in total. The van der Waals surface area contributed by atoms with Crippen molar-refractivity contribution in [2.45, 2.75) is 12.4 Å². The average Bonchev–Trinajstić information content (AvgIpc) is 2.64. The third kappa shape index (κ3) is 2.94. The zero-order valence-corrected chi connectivity index (χ0v) is 11.7. The van der Waals surface area contributed by atoms with E-state index < -0.39 is 0 Å². The van der Waals surface area contributed by atoms with E-state index in [9.17, 15) is 0 Å². The first-order valence-electron chi connectivity index (χ1n) is 4.48. The Labute approximate surface area is 110 Å². The fourth-order valence-corrected chi connectivity index (χ4v) is 2.91. The van der Waals surface area contributed by atoms with Gasteiger partial charge in [-0.1, -0.05) is 31.9 Å². The molecule has 2 nitrogen and oxygen atoms in total. The molecular weight excluding hydrogens is 347 g/mol. The average molecular weight is 356 g/mol. The largest absolute Gasteiger partial charge is 0.346 e. The van der Waals surface area contributed by atoms with Crippen molar-refractivity contribution in [3.63, 3.8) is 0 Å². The van der Waals surface area contributed by atoms with Gasteiger partial charge in [0.25, 0.3) is 0 Å². The summed E-state index contributed by atoms with van der Waals surface area (Å²) in [5.74, 6) is 0.464. The fourth-order valence-electron chi connectivity index (χ4n) is 1.42. The predicted octanol–water partition coefficient (Wildman–Crippen LogP) is 3.86. The van der Waals surface area contributed by atoms with Crippen LogP contribution in [0.5, 0.6) is 0 Å². The number of hydrogen-bond acceptors (Lipinski definition) is 2. The highest BCUT2D eigenvalue weighted by Crippen LogP contribution is 2.31. The first-order chi connectivity index (χ1) is 7.19. The molecule has 1 aromatic rings. The maximum absolute atomic E-state index is 5.70. The second-order valence-electron chi connectivity index (χ2n) is 3.28. The Hall–Kier alpha value is 0.390. The van der Waals surface area contributed by atoms with Gasteiger partial charge in [0.05, 0.1) is 18.6 Å². The topological polar surface area (TPSA) is 18.5 Å². The number of rotatable bonds is 2. The molecule has 0 saturated carbocycles. The molecule has 0 spiro atoms. The van der Waals surface area contributed by atoms with E-state index in [1.807, 2.05) is 18.2 Å². The highest BCUT2D eigenvalue weighted by Gasteiger charge is 2.26. The summed E-state index contributed by atoms with van der Waals surface area (Å²) in [5, 5.41) is 0. The lowest BCUT2D eigenvalue weighted by molar-refractivity contribution is -0.0567. The van der Waals surface area contributed by atoms with Crippen LogP contribution < -0.4 is 0 Å². The van der Waals surface area contributed by atoms with E-state index in [0.717, 1.165) is 14.5 Å². The summed E-state index contributed by atoms with van der Waals surface area (Å²) in [6.45, 7) is 0.554. The van der Waals surface area contributed by atoms with Gasteiger partial charge < -0.3 is 9.47 Å². The van der Waals surface area contributed by atoms with Crippen molar-refractivity contribution in [3.8, 4) is 0 Å². The van der Waals surface area contributed by atoms with E-state index in [1.165, 1.54) is 0 Å². The number of hydrogen-bond donors (Lipinski definition) is 0. The smallest absolute Gasteiger partial charge is 0.184 e. The Kier molecular flexibility index (Phi) is 4.07. The molecule has 0 radical (unpaired) electrons. The van der Waals surface area contributed by atoms with Crippen LogP contribution in [0.1, 0.15) is 11.9 Å². The molecule has 0 aliphatic carbocycles. The monoisotopic (exact) mass is 354 g/mol. The second kappa shape index (κ2) is 5.15. The lowest BCUT2D eigenvalue weighted by atomic mass is 10.2. The van der Waals surface area contributed by atoms with Gasteiger partial charge in [0.1, 0.15) is 0 Å². The summed E-state index contributed by atoms with van der Waals surface area (Å²) in [6.07, 6.45) is -0.308. The van der Waals surface area contributed by atoms with Gasteiger partial charge in [-0.3, -0.25) is 0 Å². The molecule has 15 heavy (non-hydrogen) atoms. The van der Waals surface area contributed by atoms with Crippen LogP contribution in [0.2, 0.25) is 0 Å². The number of benzene rings is 1. The summed E-state index contributed by atoms with van der Waals surface area (Å²) < 4.78 is 13.1. The third-order valence-electron chi connectivity index (χ3n) is 2.08. The van der Waals surface area contributed by atoms with Crippen LogP contribution in [-0.2, 0) is 9.47 Å². The molecule has 82 valence electrons. The lowest BCUT2D eigenvalue weighted by Crippen LogP contribution is -2.10. The highest BCUT2D eigenvalue weighted by molar-refractivity contribution is 9.11. The number of ether oxygens (including phenoxy) is 2. The van der Waals surface area contributed by atoms with Crippen molar-refractivity contribution in [2.75, 3.05) is 12.5 Å². The standard InChI is InChI=1S/C10H9Br2ClO2/c11-7-1-6(2-8(12)3-7)10-14-5-9(4-13)15-10/h1-3,9-10H,4-5H2. The van der Waals surface area contributed by atoms with Gasteiger partial charge in [-0.2, -0.15) is 0 Å². The Morgan fingerprint density at radius 2 is 1.93 bits per heavy atom. The molecule has 1 saturated heterocycles. The van der Waals surface area contributed by atoms with E-state index in [0.29, 0.717) is 12.5 Å². The van der Waals surface area contributed by atoms with Crippen LogP contribution in [0.4, 0.5) is 0 Å². The Morgan fingerprint density at radius 3 is 2.47 bits per heavy atom. The summed E-state index contributed by atoms with van der Waals surface area (Å²) >= 11 is 12.5. The van der Waals surface area contributed by atoms with Gasteiger partial charge in [0, 0.05) is 14.5 Å². The molecule has 0 amide bonds. The molecule has 1 aromatic carbocycles. The summed E-state index contributed by atoms with van der Waals surface area (Å²) in [5.41, 5.74) is 0.990. The summed E-state index contributed by atoms with van der Waals surface area (Å²) in [6, 6.07) is 5.93. The lowest BCUT2D eigenvalue weighted by Gasteiger charge is -2.11. The number of halogens is 3. The van der Waals surface area contributed by atoms with Gasteiger partial charge in [-0.15, -0.1) is 11.6 Å². The molecule has 5 heteroatoms. The van der Waals surface area contributed by atoms with Gasteiger partial charge in [-0.05, 0) is 18.2 Å². The Bertz CT molecular complexity index is 339. The third-order valence-corrected chi connectivity index (χ3v) is 3.34. The summed E-state index contributed by atoms with van der Waals surface area (Å²) in [7, 11) is 0. The molecule has 2 rings (SSSR count). The zero-order chi connectivity index (χ0) is 10.8. The first kappa shape index (κ1) is 11.9. The van der Waals surface area contributed by atoms with Gasteiger partial charge in [0.2, 0.25) is 0 Å². The Balaban J connectivity index is 2.16. The van der Waals surface area contributed by atoms with Crippen LogP contribution >= 0.6 is 43.5 Å². The van der Waals surface area contributed by atoms with E-state index in [4.69, 9.17) is 21.1 Å². The molecule has 0 bridgehead atoms. The summed E-state index contributed by atoms with van der Waals surface area (Å²) in [4.78, 5) is 0. The molecule has 1 aliphatic heterocycles. The number of alkyl halides is 1. The van der Waals surface area contributed by atoms with Crippen molar-refractivity contribution < 1.29 is 9.47 Å². The molecule has 1 aliphatic rings. The molecule has 0 aromatic heterocycles. The van der Waals surface area contributed by atoms with Gasteiger partial charge in [-0.25, -0.2) is 0 Å². The fraction of sp³-hybridized carbons (Fsp3) is 0.400. The Morgan fingerprint density at radius 1 is 1.27 bits per heavy atom. The van der Waals surface area contributed by atoms with Crippen LogP contribution in [0.3, 0.4) is 0 Å². The normalized spacial score (nSPS) is 25.8. The van der Waals surface area contributed by atoms with Crippen molar-refractivity contribution in [3.05, 3.63) is 32.7 Å². The SMILES string of the molecule is ClCC1COC(c2cc(Br)cc(Br)c2)O1. The second-order valence-corrected chi connectivity index (χ2v) is 5.42. The minimum absolute atomic E-state index is 0.00516. The van der Waals surface area contributed by atoms with Crippen molar-refractivity contribution in [1.29, 1.82) is 0 Å². The molecule has 1 heterocycles. The van der Waals surface area contributed by atoms with E-state index in [2.05, 4.69) is 31.9 Å². The van der Waals surface area contributed by atoms with Crippen molar-refractivity contribution in [2.24, 2.45) is 0 Å². The van der Waals surface area contributed by atoms with Crippen LogP contribution in [-0.4, -0.2) is 18.6 Å². The minimum Gasteiger partial charge on any atom is -0.346 e. The minimum atomic E-state index is -0.303. The maximum Gasteiger partial charge on any atom is 0.184 e. The maximum atomic E-state index is 5.70. The van der Waals surface area contributed by atoms with Crippen LogP contribution in [0.15, 0.2) is 27.1 Å². The van der Waals surface area contributed by atoms with Gasteiger partial charge >= 0.3 is 0 Å². The molecule has 2 atom stereocenters. The van der Waals surface area contributed by atoms with E-state index in [1.54, 1.807) is 0 Å². The highest BCUT2D eigenvalue weighted by atomic mass is 79.9. The molecule has 2 unspecified atom stereocenters. The van der Waals surface area contributed by atoms with Crippen LogP contribution in [0.25, 0.3) is 0 Å². The first-order valence-corrected chi connectivity index (χ1v) is 6.60. The predicted molar refractivity (Wildman–Crippen MR) is 66.1 cm³/mol. The van der Waals surface area contributed by atoms with E-state index in [-0.39, 0.29) is 12.4 Å². The van der Waals surface area contributed by atoms with Gasteiger partial charge in [0.15, 0.2) is 6.29 Å². The van der Waals surface area contributed by atoms with E-state index >= 15 is 0 Å². The quantitative estimate of drug-likeness (QED) is 0.749. The zero-order valence-electron chi connectivity index (χ0n) is 7.75. The molecule has 1 fully saturated rings.